The number of hydrogen-bond acceptors (Lipinski definition) is 10. The van der Waals surface area contributed by atoms with Crippen LogP contribution in [0.1, 0.15) is 0 Å². The molecule has 0 aliphatic carbocycles. The summed E-state index contributed by atoms with van der Waals surface area (Å²) in [6.45, 7) is 0. The van der Waals surface area contributed by atoms with E-state index in [1.54, 1.807) is 0 Å². The molecule has 0 aliphatic heterocycles. The van der Waals surface area contributed by atoms with E-state index in [9.17, 15) is 0 Å². The molecule has 0 atom stereocenters. The molecular formula is H10CoMnNiO10Zr. The first-order valence-electron chi connectivity index (χ1n) is 0. The van der Waals surface area contributed by atoms with Crippen LogP contribution in [0.15, 0.2) is 0 Å². The Hall–Kier alpha value is 2.00. The van der Waals surface area contributed by atoms with E-state index < -0.39 is 0 Å². The number of rotatable bonds is 0. The third-order valence-corrected chi connectivity index (χ3v) is 0. The van der Waals surface area contributed by atoms with Crippen LogP contribution >= 0.6 is 0 Å². The SMILES string of the molecule is [Co+2].[Mn+2].[Ni+2].[OH-].[OH-].[OH-].[OH-].[OH-].[OH-].[OH-].[OH-].[OH-].[OH-].[Zr+4]. The van der Waals surface area contributed by atoms with Crippen molar-refractivity contribution in [2.45, 2.75) is 0 Å². The van der Waals surface area contributed by atoms with Gasteiger partial charge in [-0.25, -0.2) is 0 Å². The summed E-state index contributed by atoms with van der Waals surface area (Å²) in [4.78, 5) is 0. The van der Waals surface area contributed by atoms with Crippen molar-refractivity contribution in [3.63, 3.8) is 0 Å². The van der Waals surface area contributed by atoms with Crippen LogP contribution in [-0.4, -0.2) is 54.8 Å². The third-order valence-electron chi connectivity index (χ3n) is 0. The molecule has 10 N–H and O–H groups in total. The summed E-state index contributed by atoms with van der Waals surface area (Å²) < 4.78 is 0. The standard InChI is InChI=1S/Co.Mn.Ni.10H2O.Zr/h;;;10*1H2;/q3*+2;;;;;;;;;;;+4/p-10. The van der Waals surface area contributed by atoms with Gasteiger partial charge in [-0.3, -0.25) is 0 Å². The van der Waals surface area contributed by atoms with E-state index in [-0.39, 0.29) is 131 Å². The van der Waals surface area contributed by atoms with E-state index in [0.29, 0.717) is 0 Å². The van der Waals surface area contributed by atoms with Crippen molar-refractivity contribution < 1.29 is 131 Å². The summed E-state index contributed by atoms with van der Waals surface area (Å²) in [5.74, 6) is 0. The van der Waals surface area contributed by atoms with E-state index in [0.717, 1.165) is 0 Å². The van der Waals surface area contributed by atoms with Crippen LogP contribution in [0.3, 0.4) is 0 Å². The second kappa shape index (κ2) is 733. The van der Waals surface area contributed by atoms with Gasteiger partial charge in [0.1, 0.15) is 0 Å². The molecule has 0 rings (SSSR count). The Balaban J connectivity index is 0. The van der Waals surface area contributed by atoms with Crippen molar-refractivity contribution in [3.8, 4) is 0 Å². The quantitative estimate of drug-likeness (QED) is 0.386. The van der Waals surface area contributed by atoms with Crippen molar-refractivity contribution in [3.05, 3.63) is 0 Å². The summed E-state index contributed by atoms with van der Waals surface area (Å²) in [5.41, 5.74) is 0. The molecule has 0 aliphatic rings. The molecule has 14 heteroatoms. The first-order chi connectivity index (χ1) is 0. The summed E-state index contributed by atoms with van der Waals surface area (Å²) in [6, 6.07) is 0. The minimum absolute atomic E-state index is 0. The largest absolute Gasteiger partial charge is 4.00 e. The van der Waals surface area contributed by atoms with Crippen molar-refractivity contribution in [1.29, 1.82) is 0 Å². The predicted molar refractivity (Wildman–Crippen MR) is 19.4 cm³/mol. The minimum Gasteiger partial charge on any atom is -0.870 e. The maximum atomic E-state index is 0. The third kappa shape index (κ3) is 590. The monoisotopic (exact) mass is 432 g/mol. The summed E-state index contributed by atoms with van der Waals surface area (Å²) in [5, 5.41) is 0. The van der Waals surface area contributed by atoms with E-state index >= 15 is 0 Å². The van der Waals surface area contributed by atoms with Crippen LogP contribution in [0.2, 0.25) is 0 Å². The van der Waals surface area contributed by atoms with E-state index in [2.05, 4.69) is 0 Å². The van der Waals surface area contributed by atoms with E-state index in [1.165, 1.54) is 0 Å². The molecule has 0 saturated heterocycles. The van der Waals surface area contributed by atoms with Gasteiger partial charge >= 0.3 is 76.5 Å². The summed E-state index contributed by atoms with van der Waals surface area (Å²) in [7, 11) is 0. The van der Waals surface area contributed by atoms with Gasteiger partial charge in [0.05, 0.1) is 0 Å². The van der Waals surface area contributed by atoms with Crippen molar-refractivity contribution >= 4 is 0 Å². The summed E-state index contributed by atoms with van der Waals surface area (Å²) >= 11 is 0. The average Bonchev–Trinajstić information content (AvgIpc) is 0. The molecule has 10 nitrogen and oxygen atoms in total. The number of hydrogen-bond donors (Lipinski definition) is 0. The van der Waals surface area contributed by atoms with Crippen LogP contribution in [-0.2, 0) is 76.5 Å². The Morgan fingerprint density at radius 2 is 0.357 bits per heavy atom. The Morgan fingerprint density at radius 3 is 0.357 bits per heavy atom. The van der Waals surface area contributed by atoms with Gasteiger partial charge in [-0.15, -0.1) is 0 Å². The van der Waals surface area contributed by atoms with Crippen molar-refractivity contribution in [2.75, 3.05) is 0 Å². The van der Waals surface area contributed by atoms with E-state index in [4.69, 9.17) is 0 Å². The molecule has 0 unspecified atom stereocenters. The summed E-state index contributed by atoms with van der Waals surface area (Å²) in [6.07, 6.45) is 0. The molecule has 0 aromatic carbocycles. The van der Waals surface area contributed by atoms with Gasteiger partial charge in [0.25, 0.3) is 0 Å². The fourth-order valence-electron chi connectivity index (χ4n) is 0. The Bertz CT molecular complexity index is 20.1. The Labute approximate surface area is 130 Å². The van der Waals surface area contributed by atoms with Crippen LogP contribution in [0.5, 0.6) is 0 Å². The molecule has 0 saturated carbocycles. The average molecular weight is 434 g/mol. The van der Waals surface area contributed by atoms with Gasteiger partial charge in [0, 0.05) is 0 Å². The van der Waals surface area contributed by atoms with Gasteiger partial charge in [-0.1, -0.05) is 0 Å². The second-order valence-corrected chi connectivity index (χ2v) is 0. The van der Waals surface area contributed by atoms with Gasteiger partial charge in [-0.2, -0.15) is 0 Å². The molecule has 0 amide bonds. The predicted octanol–water partition coefficient (Wildman–Crippen LogP) is -1.78. The zero-order chi connectivity index (χ0) is 0. The van der Waals surface area contributed by atoms with Crippen molar-refractivity contribution in [1.82, 2.24) is 0 Å². The first kappa shape index (κ1) is 898. The molecule has 0 spiro atoms. The first-order valence-corrected chi connectivity index (χ1v) is 0. The molecule has 0 aromatic heterocycles. The van der Waals surface area contributed by atoms with Gasteiger partial charge in [-0.05, 0) is 0 Å². The molecule has 2 radical (unpaired) electrons. The van der Waals surface area contributed by atoms with Crippen LogP contribution in [0.25, 0.3) is 0 Å². The van der Waals surface area contributed by atoms with Crippen LogP contribution < -0.4 is 0 Å². The van der Waals surface area contributed by atoms with Crippen LogP contribution in [0.4, 0.5) is 0 Å². The smallest absolute Gasteiger partial charge is 0.870 e. The molecule has 0 bridgehead atoms. The zero-order valence-electron chi connectivity index (χ0n) is 6.00. The minimum atomic E-state index is 0. The fraction of sp³-hybridized carbons (Fsp3) is 0. The maximum Gasteiger partial charge on any atom is 4.00 e. The zero-order valence-corrected chi connectivity index (χ0v) is 11.7. The normalized spacial score (nSPS) is 0. The van der Waals surface area contributed by atoms with Gasteiger partial charge < -0.3 is 54.8 Å². The molecule has 0 aromatic rings. The van der Waals surface area contributed by atoms with Crippen LogP contribution in [0, 0.1) is 0 Å². The van der Waals surface area contributed by atoms with Gasteiger partial charge in [0.2, 0.25) is 0 Å². The Kier molecular flexibility index (Phi) is 47100. The van der Waals surface area contributed by atoms with Crippen molar-refractivity contribution in [2.24, 2.45) is 0 Å². The maximum absolute atomic E-state index is 0. The second-order valence-electron chi connectivity index (χ2n) is 0. The molecule has 0 heterocycles. The van der Waals surface area contributed by atoms with E-state index in [1.807, 2.05) is 0 Å². The fourth-order valence-corrected chi connectivity index (χ4v) is 0. The molecule has 14 heavy (non-hydrogen) atoms. The molecular weight excluding hydrogens is 424 g/mol. The Morgan fingerprint density at radius 1 is 0.357 bits per heavy atom. The topological polar surface area (TPSA) is 300 Å². The van der Waals surface area contributed by atoms with Gasteiger partial charge in [0.15, 0.2) is 0 Å². The molecule has 0 fully saturated rings. The molecule has 100 valence electrons.